The first-order valence-corrected chi connectivity index (χ1v) is 8.38. The highest BCUT2D eigenvalue weighted by Gasteiger charge is 2.27. The maximum Gasteiger partial charge on any atom is 0.335 e. The molecule has 0 aliphatic carbocycles. The summed E-state index contributed by atoms with van der Waals surface area (Å²) in [7, 11) is 0. The summed E-state index contributed by atoms with van der Waals surface area (Å²) in [6, 6.07) is 12.7. The van der Waals surface area contributed by atoms with Crippen molar-refractivity contribution >= 4 is 11.8 Å². The van der Waals surface area contributed by atoms with E-state index >= 15 is 0 Å². The molecule has 0 amide bonds. The highest BCUT2D eigenvalue weighted by Crippen LogP contribution is 2.24. The topological polar surface area (TPSA) is 57.6 Å². The van der Waals surface area contributed by atoms with Crippen LogP contribution in [0.2, 0.25) is 0 Å². The lowest BCUT2D eigenvalue weighted by atomic mass is 10.0. The number of halogens is 1. The van der Waals surface area contributed by atoms with Gasteiger partial charge in [0.15, 0.2) is 5.78 Å². The van der Waals surface area contributed by atoms with Crippen LogP contribution < -0.4 is 0 Å². The van der Waals surface area contributed by atoms with Gasteiger partial charge < -0.3 is 5.11 Å². The van der Waals surface area contributed by atoms with Gasteiger partial charge in [-0.3, -0.25) is 9.69 Å². The Morgan fingerprint density at radius 1 is 1.12 bits per heavy atom. The van der Waals surface area contributed by atoms with Crippen LogP contribution in [-0.2, 0) is 6.54 Å². The van der Waals surface area contributed by atoms with Gasteiger partial charge in [0.05, 0.1) is 5.56 Å². The van der Waals surface area contributed by atoms with E-state index in [0.29, 0.717) is 18.5 Å². The predicted octanol–water partition coefficient (Wildman–Crippen LogP) is 3.76. The molecule has 0 bridgehead atoms. The normalized spacial score (nSPS) is 17.6. The zero-order valence-electron chi connectivity index (χ0n) is 13.8. The zero-order chi connectivity index (χ0) is 17.8. The molecule has 0 saturated carbocycles. The van der Waals surface area contributed by atoms with E-state index in [1.807, 2.05) is 6.07 Å². The van der Waals surface area contributed by atoms with Crippen LogP contribution in [0.3, 0.4) is 0 Å². The lowest BCUT2D eigenvalue weighted by molar-refractivity contribution is 0.0696. The lowest BCUT2D eigenvalue weighted by Gasteiger charge is -2.24. The van der Waals surface area contributed by atoms with Gasteiger partial charge >= 0.3 is 5.97 Å². The summed E-state index contributed by atoms with van der Waals surface area (Å²) in [5.41, 5.74) is 1.73. The Morgan fingerprint density at radius 2 is 1.88 bits per heavy atom. The molecule has 1 heterocycles. The third kappa shape index (κ3) is 4.31. The summed E-state index contributed by atoms with van der Waals surface area (Å²) in [6.45, 7) is 1.52. The Kier molecular flexibility index (Phi) is 5.24. The maximum atomic E-state index is 13.0. The molecule has 5 heteroatoms. The zero-order valence-corrected chi connectivity index (χ0v) is 13.8. The van der Waals surface area contributed by atoms with E-state index in [0.717, 1.165) is 24.9 Å². The SMILES string of the molecule is O=C(O)c1cccc(CN2CCCC2CC(=O)c2ccc(F)cc2)c1. The fourth-order valence-electron chi connectivity index (χ4n) is 3.34. The second-order valence-corrected chi connectivity index (χ2v) is 6.41. The highest BCUT2D eigenvalue weighted by atomic mass is 19.1. The first-order valence-electron chi connectivity index (χ1n) is 8.38. The van der Waals surface area contributed by atoms with E-state index in [1.54, 1.807) is 18.2 Å². The second kappa shape index (κ2) is 7.57. The summed E-state index contributed by atoms with van der Waals surface area (Å²) in [4.78, 5) is 25.7. The number of benzene rings is 2. The molecule has 25 heavy (non-hydrogen) atoms. The standard InChI is InChI=1S/C20H20FNO3/c21-17-8-6-15(7-9-17)19(23)12-18-5-2-10-22(18)13-14-3-1-4-16(11-14)20(24)25/h1,3-4,6-9,11,18H,2,5,10,12-13H2,(H,24,25). The number of carboxylic acids is 1. The third-order valence-electron chi connectivity index (χ3n) is 4.65. The number of Topliss-reactive ketones (excluding diaryl/α,β-unsaturated/α-hetero) is 1. The molecular formula is C20H20FNO3. The Balaban J connectivity index is 1.66. The van der Waals surface area contributed by atoms with Gasteiger partial charge in [0.1, 0.15) is 5.82 Å². The van der Waals surface area contributed by atoms with Crippen molar-refractivity contribution in [2.24, 2.45) is 0 Å². The van der Waals surface area contributed by atoms with Gasteiger partial charge in [-0.15, -0.1) is 0 Å². The summed E-state index contributed by atoms with van der Waals surface area (Å²) in [5, 5.41) is 9.10. The molecule has 0 aromatic heterocycles. The van der Waals surface area contributed by atoms with Gasteiger partial charge in [0.2, 0.25) is 0 Å². The monoisotopic (exact) mass is 341 g/mol. The minimum absolute atomic E-state index is 0.0104. The van der Waals surface area contributed by atoms with Crippen LogP contribution in [0.4, 0.5) is 4.39 Å². The van der Waals surface area contributed by atoms with E-state index in [4.69, 9.17) is 5.11 Å². The number of carbonyl (C=O) groups is 2. The van der Waals surface area contributed by atoms with Crippen LogP contribution >= 0.6 is 0 Å². The number of nitrogens with zero attached hydrogens (tertiary/aromatic N) is 1. The van der Waals surface area contributed by atoms with Crippen LogP contribution in [0.5, 0.6) is 0 Å². The molecule has 1 aliphatic rings. The summed E-state index contributed by atoms with van der Waals surface area (Å²) in [6.07, 6.45) is 2.34. The van der Waals surface area contributed by atoms with E-state index in [1.165, 1.54) is 24.3 Å². The molecule has 1 fully saturated rings. The van der Waals surface area contributed by atoms with Crippen molar-refractivity contribution in [1.82, 2.24) is 4.90 Å². The summed E-state index contributed by atoms with van der Waals surface area (Å²) >= 11 is 0. The van der Waals surface area contributed by atoms with E-state index in [2.05, 4.69) is 4.90 Å². The Morgan fingerprint density at radius 3 is 2.60 bits per heavy atom. The van der Waals surface area contributed by atoms with Gasteiger partial charge in [-0.05, 0) is 61.3 Å². The van der Waals surface area contributed by atoms with Crippen molar-refractivity contribution in [3.8, 4) is 0 Å². The van der Waals surface area contributed by atoms with Crippen LogP contribution in [0.1, 0.15) is 45.5 Å². The van der Waals surface area contributed by atoms with Crippen molar-refractivity contribution in [3.63, 3.8) is 0 Å². The molecule has 0 radical (unpaired) electrons. The second-order valence-electron chi connectivity index (χ2n) is 6.41. The average molecular weight is 341 g/mol. The number of rotatable bonds is 6. The predicted molar refractivity (Wildman–Crippen MR) is 92.2 cm³/mol. The van der Waals surface area contributed by atoms with Gasteiger partial charge in [0.25, 0.3) is 0 Å². The van der Waals surface area contributed by atoms with Crippen molar-refractivity contribution in [2.75, 3.05) is 6.54 Å². The van der Waals surface area contributed by atoms with Crippen LogP contribution in [0.25, 0.3) is 0 Å². The maximum absolute atomic E-state index is 13.0. The number of carboxylic acid groups (broad SMARTS) is 1. The number of likely N-dealkylation sites (tertiary alicyclic amines) is 1. The van der Waals surface area contributed by atoms with Crippen LogP contribution in [0.15, 0.2) is 48.5 Å². The average Bonchev–Trinajstić information content (AvgIpc) is 3.02. The van der Waals surface area contributed by atoms with Gasteiger partial charge in [0, 0.05) is 24.6 Å². The molecule has 2 aromatic rings. The molecule has 1 atom stereocenters. The summed E-state index contributed by atoms with van der Waals surface area (Å²) < 4.78 is 13.0. The number of ketones is 1. The molecule has 4 nitrogen and oxygen atoms in total. The van der Waals surface area contributed by atoms with Crippen molar-refractivity contribution in [3.05, 3.63) is 71.0 Å². The molecule has 1 unspecified atom stereocenters. The Bertz CT molecular complexity index is 773. The first-order chi connectivity index (χ1) is 12.0. The fraction of sp³-hybridized carbons (Fsp3) is 0.300. The van der Waals surface area contributed by atoms with Crippen LogP contribution in [0, 0.1) is 5.82 Å². The molecule has 3 rings (SSSR count). The smallest absolute Gasteiger partial charge is 0.335 e. The van der Waals surface area contributed by atoms with Crippen molar-refractivity contribution < 1.29 is 19.1 Å². The van der Waals surface area contributed by atoms with Crippen LogP contribution in [-0.4, -0.2) is 34.3 Å². The number of hydrogen-bond donors (Lipinski definition) is 1. The molecule has 130 valence electrons. The molecule has 2 aromatic carbocycles. The van der Waals surface area contributed by atoms with Gasteiger partial charge in [-0.1, -0.05) is 12.1 Å². The van der Waals surface area contributed by atoms with Crippen molar-refractivity contribution in [1.29, 1.82) is 0 Å². The minimum atomic E-state index is -0.939. The lowest BCUT2D eigenvalue weighted by Crippen LogP contribution is -2.31. The number of hydrogen-bond acceptors (Lipinski definition) is 3. The minimum Gasteiger partial charge on any atom is -0.478 e. The number of aromatic carboxylic acids is 1. The molecule has 1 N–H and O–H groups in total. The fourth-order valence-corrected chi connectivity index (χ4v) is 3.34. The Hall–Kier alpha value is -2.53. The van der Waals surface area contributed by atoms with E-state index in [-0.39, 0.29) is 23.2 Å². The van der Waals surface area contributed by atoms with E-state index < -0.39 is 5.97 Å². The van der Waals surface area contributed by atoms with E-state index in [9.17, 15) is 14.0 Å². The summed E-state index contributed by atoms with van der Waals surface area (Å²) in [5.74, 6) is -1.28. The highest BCUT2D eigenvalue weighted by molar-refractivity contribution is 5.96. The molecule has 1 aliphatic heterocycles. The Labute approximate surface area is 145 Å². The number of carbonyl (C=O) groups excluding carboxylic acids is 1. The first kappa shape index (κ1) is 17.3. The van der Waals surface area contributed by atoms with Gasteiger partial charge in [-0.2, -0.15) is 0 Å². The quantitative estimate of drug-likeness (QED) is 0.813. The molecular weight excluding hydrogens is 321 g/mol. The largest absolute Gasteiger partial charge is 0.478 e. The van der Waals surface area contributed by atoms with Gasteiger partial charge in [-0.25, -0.2) is 9.18 Å². The van der Waals surface area contributed by atoms with Crippen molar-refractivity contribution in [2.45, 2.75) is 31.8 Å². The molecule has 1 saturated heterocycles. The molecule has 0 spiro atoms. The third-order valence-corrected chi connectivity index (χ3v) is 4.65.